The van der Waals surface area contributed by atoms with Crippen molar-refractivity contribution in [2.45, 2.75) is 50.5 Å². The number of aliphatic hydroxyl groups is 2. The van der Waals surface area contributed by atoms with Crippen molar-refractivity contribution in [3.63, 3.8) is 0 Å². The second-order valence-electron chi connectivity index (χ2n) is 9.51. The van der Waals surface area contributed by atoms with E-state index in [2.05, 4.69) is 62.2 Å². The lowest BCUT2D eigenvalue weighted by Gasteiger charge is -2.40. The van der Waals surface area contributed by atoms with Gasteiger partial charge in [0.2, 0.25) is 0 Å². The van der Waals surface area contributed by atoms with Gasteiger partial charge in [-0.2, -0.15) is 0 Å². The van der Waals surface area contributed by atoms with Gasteiger partial charge in [-0.3, -0.25) is 0 Å². The first-order valence-corrected chi connectivity index (χ1v) is 16.6. The number of rotatable bonds is 0. The zero-order valence-electron chi connectivity index (χ0n) is 17.5. The van der Waals surface area contributed by atoms with Crippen molar-refractivity contribution in [3.8, 4) is 22.9 Å². The number of hydrogen-bond acceptors (Lipinski definition) is 2. The monoisotopic (exact) mass is 404 g/mol. The molecule has 0 heterocycles. The van der Waals surface area contributed by atoms with Crippen LogP contribution in [0.25, 0.3) is 0 Å². The van der Waals surface area contributed by atoms with E-state index in [4.69, 9.17) is 0 Å². The van der Waals surface area contributed by atoms with E-state index in [0.29, 0.717) is 22.3 Å². The zero-order chi connectivity index (χ0) is 20.8. The van der Waals surface area contributed by atoms with Crippen LogP contribution in [0.4, 0.5) is 0 Å². The lowest BCUT2D eigenvalue weighted by atomic mass is 9.68. The molecule has 0 saturated heterocycles. The molecule has 1 aliphatic rings. The van der Waals surface area contributed by atoms with Crippen LogP contribution in [-0.4, -0.2) is 26.4 Å². The number of hydrogen-bond donors (Lipinski definition) is 2. The van der Waals surface area contributed by atoms with Crippen LogP contribution in [0.2, 0.25) is 39.3 Å². The van der Waals surface area contributed by atoms with Gasteiger partial charge in [0.15, 0.2) is 11.2 Å². The van der Waals surface area contributed by atoms with Crippen LogP contribution in [0, 0.1) is 22.9 Å². The van der Waals surface area contributed by atoms with E-state index in [1.807, 2.05) is 48.5 Å². The van der Waals surface area contributed by atoms with Gasteiger partial charge in [0.1, 0.15) is 16.1 Å². The summed E-state index contributed by atoms with van der Waals surface area (Å²) in [5, 5.41) is 23.6. The number of fused-ring (bicyclic) bond motifs is 2. The smallest absolute Gasteiger partial charge is 0.177 e. The van der Waals surface area contributed by atoms with Crippen LogP contribution in [0.3, 0.4) is 0 Å². The molecular formula is C24H28O2Si2. The highest BCUT2D eigenvalue weighted by atomic mass is 28.3. The molecule has 0 saturated carbocycles. The molecule has 0 radical (unpaired) electrons. The molecule has 2 N–H and O–H groups in total. The quantitative estimate of drug-likeness (QED) is 0.509. The molecule has 0 aliphatic heterocycles. The average Bonchev–Trinajstić information content (AvgIpc) is 2.62. The van der Waals surface area contributed by atoms with Gasteiger partial charge >= 0.3 is 0 Å². The molecule has 0 amide bonds. The Bertz CT molecular complexity index is 903. The molecule has 0 aromatic heterocycles. The van der Waals surface area contributed by atoms with Gasteiger partial charge in [-0.25, -0.2) is 0 Å². The fourth-order valence-electron chi connectivity index (χ4n) is 3.34. The molecule has 0 unspecified atom stereocenters. The predicted molar refractivity (Wildman–Crippen MR) is 121 cm³/mol. The Morgan fingerprint density at radius 3 is 1.04 bits per heavy atom. The Hall–Kier alpha value is -2.09. The molecular weight excluding hydrogens is 376 g/mol. The normalized spacial score (nSPS) is 23.4. The summed E-state index contributed by atoms with van der Waals surface area (Å²) in [7, 11) is -3.42. The molecule has 2 aromatic carbocycles. The molecule has 2 aromatic rings. The first kappa shape index (κ1) is 20.6. The Morgan fingerprint density at radius 2 is 0.821 bits per heavy atom. The third-order valence-electron chi connectivity index (χ3n) is 4.65. The highest BCUT2D eigenvalue weighted by Gasteiger charge is 2.48. The summed E-state index contributed by atoms with van der Waals surface area (Å²) < 4.78 is 0. The van der Waals surface area contributed by atoms with E-state index >= 15 is 0 Å². The van der Waals surface area contributed by atoms with Gasteiger partial charge in [-0.1, -0.05) is 99.7 Å². The molecule has 0 spiro atoms. The van der Waals surface area contributed by atoms with Gasteiger partial charge in [-0.05, 0) is 0 Å². The lowest BCUT2D eigenvalue weighted by molar-refractivity contribution is 0.0945. The molecule has 144 valence electrons. The SMILES string of the molecule is C[Si](C)(C)C#CC1(O)c2ccccc2C(O)(C#C[Si](C)(C)C)c2ccccc21. The van der Waals surface area contributed by atoms with Crippen molar-refractivity contribution < 1.29 is 10.2 Å². The molecule has 1 aliphatic carbocycles. The molecule has 2 nitrogen and oxygen atoms in total. The average molecular weight is 405 g/mol. The minimum absolute atomic E-state index is 0.617. The second kappa shape index (κ2) is 6.76. The molecule has 28 heavy (non-hydrogen) atoms. The Kier molecular flexibility index (Phi) is 4.98. The van der Waals surface area contributed by atoms with Crippen LogP contribution in [0.15, 0.2) is 48.5 Å². The van der Waals surface area contributed by atoms with Crippen molar-refractivity contribution in [2.24, 2.45) is 0 Å². The Labute approximate surface area is 170 Å². The Morgan fingerprint density at radius 1 is 0.571 bits per heavy atom. The molecule has 0 atom stereocenters. The summed E-state index contributed by atoms with van der Waals surface area (Å²) in [5.41, 5.74) is 6.21. The van der Waals surface area contributed by atoms with Crippen molar-refractivity contribution >= 4 is 16.1 Å². The predicted octanol–water partition coefficient (Wildman–Crippen LogP) is 4.23. The molecule has 0 bridgehead atoms. The van der Waals surface area contributed by atoms with Gasteiger partial charge in [0, 0.05) is 22.3 Å². The van der Waals surface area contributed by atoms with E-state index in [9.17, 15) is 10.2 Å². The first-order chi connectivity index (χ1) is 12.9. The summed E-state index contributed by atoms with van der Waals surface area (Å²) in [6.45, 7) is 12.9. The highest BCUT2D eigenvalue weighted by Crippen LogP contribution is 2.47. The van der Waals surface area contributed by atoms with E-state index in [-0.39, 0.29) is 0 Å². The van der Waals surface area contributed by atoms with Crippen molar-refractivity contribution in [3.05, 3.63) is 70.8 Å². The van der Waals surface area contributed by atoms with Crippen LogP contribution in [0.5, 0.6) is 0 Å². The van der Waals surface area contributed by atoms with Gasteiger partial charge in [0.05, 0.1) is 0 Å². The van der Waals surface area contributed by atoms with Gasteiger partial charge < -0.3 is 10.2 Å². The van der Waals surface area contributed by atoms with Crippen LogP contribution in [0.1, 0.15) is 22.3 Å². The van der Waals surface area contributed by atoms with Gasteiger partial charge in [-0.15, -0.1) is 11.1 Å². The largest absolute Gasteiger partial charge is 0.369 e. The maximum Gasteiger partial charge on any atom is 0.177 e. The first-order valence-electron chi connectivity index (χ1n) is 9.60. The molecule has 0 fully saturated rings. The maximum atomic E-state index is 11.8. The fourth-order valence-corrected chi connectivity index (χ4v) is 4.46. The van der Waals surface area contributed by atoms with E-state index in [1.54, 1.807) is 0 Å². The summed E-state index contributed by atoms with van der Waals surface area (Å²) in [6.07, 6.45) is 0. The van der Waals surface area contributed by atoms with Crippen molar-refractivity contribution in [2.75, 3.05) is 0 Å². The van der Waals surface area contributed by atoms with E-state index < -0.39 is 27.3 Å². The summed E-state index contributed by atoms with van der Waals surface area (Å²) in [5.74, 6) is 6.35. The number of benzene rings is 2. The van der Waals surface area contributed by atoms with Crippen LogP contribution in [-0.2, 0) is 11.2 Å². The summed E-state index contributed by atoms with van der Waals surface area (Å²) >= 11 is 0. The minimum atomic E-state index is -1.71. The maximum absolute atomic E-state index is 11.8. The Balaban J connectivity index is 2.38. The molecule has 4 heteroatoms. The fraction of sp³-hybridized carbons (Fsp3) is 0.333. The third kappa shape index (κ3) is 3.74. The highest BCUT2D eigenvalue weighted by molar-refractivity contribution is 6.84. The zero-order valence-corrected chi connectivity index (χ0v) is 19.5. The lowest BCUT2D eigenvalue weighted by Crippen LogP contribution is -2.42. The topological polar surface area (TPSA) is 40.5 Å². The van der Waals surface area contributed by atoms with Crippen molar-refractivity contribution in [1.29, 1.82) is 0 Å². The van der Waals surface area contributed by atoms with E-state index in [0.717, 1.165) is 0 Å². The van der Waals surface area contributed by atoms with Crippen molar-refractivity contribution in [1.82, 2.24) is 0 Å². The third-order valence-corrected chi connectivity index (χ3v) is 6.40. The summed E-state index contributed by atoms with van der Waals surface area (Å²) in [4.78, 5) is 0. The minimum Gasteiger partial charge on any atom is -0.369 e. The molecule has 3 rings (SSSR count). The second-order valence-corrected chi connectivity index (χ2v) is 19.0. The van der Waals surface area contributed by atoms with Gasteiger partial charge in [0.25, 0.3) is 0 Å². The summed E-state index contributed by atoms with van der Waals surface area (Å²) in [6, 6.07) is 14.9. The van der Waals surface area contributed by atoms with E-state index in [1.165, 1.54) is 0 Å². The van der Waals surface area contributed by atoms with Crippen LogP contribution < -0.4 is 0 Å². The standard InChI is InChI=1S/C24H28O2Si2/c1-27(2,3)17-15-23(25)19-11-7-9-13-21(19)24(26,16-18-28(4,5)6)22-14-10-8-12-20(22)23/h7-14,25-26H,1-6H3. The van der Waals surface area contributed by atoms with Crippen LogP contribution >= 0.6 is 0 Å².